The van der Waals surface area contributed by atoms with Crippen molar-refractivity contribution in [1.82, 2.24) is 0 Å². The minimum absolute atomic E-state index is 0.171. The Hall–Kier alpha value is -1.99. The largest absolute Gasteiger partial charge is 0.480 e. The molecule has 0 saturated heterocycles. The second-order valence-electron chi connectivity index (χ2n) is 8.74. The Balaban J connectivity index is 1.35. The summed E-state index contributed by atoms with van der Waals surface area (Å²) in [6.45, 7) is -0.150. The molecular weight excluding hydrogens is 992 g/mol. The van der Waals surface area contributed by atoms with Gasteiger partial charge in [-0.3, -0.25) is 4.79 Å². The van der Waals surface area contributed by atoms with E-state index in [-0.39, 0.29) is 32.2 Å². The average molecular weight is 1010 g/mol. The zero-order valence-corrected chi connectivity index (χ0v) is 30.4. The summed E-state index contributed by atoms with van der Waals surface area (Å²) in [4.78, 5) is 37.8. The summed E-state index contributed by atoms with van der Waals surface area (Å²) in [6.07, 6.45) is 0. The Kier molecular flexibility index (Phi) is 12.7. The van der Waals surface area contributed by atoms with Crippen LogP contribution in [0.5, 0.6) is 11.5 Å². The molecule has 11 heteroatoms. The highest BCUT2D eigenvalue weighted by Crippen LogP contribution is 2.33. The Bertz CT molecular complexity index is 1410. The topological polar surface area (TPSA) is 88.1 Å². The quantitative estimate of drug-likeness (QED) is 0.0823. The molecule has 0 amide bonds. The van der Waals surface area contributed by atoms with Gasteiger partial charge in [-0.15, -0.1) is 0 Å². The minimum Gasteiger partial charge on any atom is -0.480 e. The lowest BCUT2D eigenvalue weighted by Gasteiger charge is -2.14. The summed E-state index contributed by atoms with van der Waals surface area (Å²) >= 11 is 8.35. The second kappa shape index (κ2) is 16.2. The maximum Gasteiger partial charge on any atom is 0.344 e. The zero-order chi connectivity index (χ0) is 30.1. The summed E-state index contributed by atoms with van der Waals surface area (Å²) in [6, 6.07) is 25.7. The number of carbonyl (C=O) groups is 3. The monoisotopic (exact) mass is 1010 g/mol. The van der Waals surface area contributed by atoms with Crippen molar-refractivity contribution in [3.05, 3.63) is 121 Å². The molecule has 0 N–H and O–H groups in total. The normalized spacial score (nSPS) is 10.6. The number of halogens is 4. The highest BCUT2D eigenvalue weighted by Gasteiger charge is 2.19. The molecule has 42 heavy (non-hydrogen) atoms. The van der Waals surface area contributed by atoms with Gasteiger partial charge in [0.15, 0.2) is 19.0 Å². The molecule has 0 bridgehead atoms. The molecule has 0 unspecified atom stereocenters. The molecule has 0 fully saturated rings. The Morgan fingerprint density at radius 3 is 1.19 bits per heavy atom. The number of esters is 2. The summed E-state index contributed by atoms with van der Waals surface area (Å²) < 4.78 is 24.8. The SMILES string of the molecule is O=C(COc1c(I)cc(C(=O)c2cc(I)c(OCC(=O)OCc3ccccc3)c(I)c2)cc1I)OCc1ccccc1. The van der Waals surface area contributed by atoms with E-state index >= 15 is 0 Å². The molecule has 0 aliphatic rings. The zero-order valence-electron chi connectivity index (χ0n) is 21.8. The van der Waals surface area contributed by atoms with E-state index in [9.17, 15) is 14.4 Å². The Labute approximate surface area is 297 Å². The first-order valence-electron chi connectivity index (χ1n) is 12.4. The smallest absolute Gasteiger partial charge is 0.344 e. The van der Waals surface area contributed by atoms with Crippen molar-refractivity contribution in [2.75, 3.05) is 13.2 Å². The molecule has 0 aromatic heterocycles. The van der Waals surface area contributed by atoms with Crippen molar-refractivity contribution in [2.24, 2.45) is 0 Å². The molecule has 0 heterocycles. The molecule has 4 rings (SSSR count). The van der Waals surface area contributed by atoms with Crippen LogP contribution < -0.4 is 9.47 Å². The number of ether oxygens (including phenoxy) is 4. The standard InChI is InChI=1S/C31H22I4O7/c32-23-11-21(12-24(33)30(23)41-17-27(36)39-15-19-7-3-1-4-8-19)29(38)22-13-25(34)31(26(35)14-22)42-18-28(37)40-16-20-9-5-2-6-10-20/h1-14H,15-18H2. The fourth-order valence-electron chi connectivity index (χ4n) is 3.65. The molecule has 7 nitrogen and oxygen atoms in total. The van der Waals surface area contributed by atoms with Gasteiger partial charge in [0.1, 0.15) is 24.7 Å². The molecule has 0 atom stereocenters. The van der Waals surface area contributed by atoms with Crippen molar-refractivity contribution < 1.29 is 33.3 Å². The molecule has 0 spiro atoms. The molecule has 216 valence electrons. The second-order valence-corrected chi connectivity index (χ2v) is 13.4. The first-order chi connectivity index (χ1) is 20.2. The summed E-state index contributed by atoms with van der Waals surface area (Å²) in [5.41, 5.74) is 2.74. The van der Waals surface area contributed by atoms with Crippen molar-refractivity contribution >= 4 is 108 Å². The van der Waals surface area contributed by atoms with Crippen LogP contribution in [-0.2, 0) is 32.3 Å². The molecule has 0 saturated carbocycles. The third-order valence-corrected chi connectivity index (χ3v) is 8.88. The third-order valence-electron chi connectivity index (χ3n) is 5.67. The molecule has 4 aromatic rings. The van der Waals surface area contributed by atoms with E-state index in [2.05, 4.69) is 90.4 Å². The number of hydrogen-bond acceptors (Lipinski definition) is 7. The number of rotatable bonds is 12. The fraction of sp³-hybridized carbons (Fsp3) is 0.129. The van der Waals surface area contributed by atoms with Crippen LogP contribution in [0.25, 0.3) is 0 Å². The van der Waals surface area contributed by atoms with Crippen molar-refractivity contribution in [3.8, 4) is 11.5 Å². The van der Waals surface area contributed by atoms with Crippen LogP contribution in [0.1, 0.15) is 27.0 Å². The van der Waals surface area contributed by atoms with Crippen molar-refractivity contribution in [2.45, 2.75) is 13.2 Å². The average Bonchev–Trinajstić information content (AvgIpc) is 2.98. The van der Waals surface area contributed by atoms with E-state index in [1.807, 2.05) is 60.7 Å². The van der Waals surface area contributed by atoms with Crippen LogP contribution in [0, 0.1) is 14.3 Å². The number of benzene rings is 4. The summed E-state index contributed by atoms with van der Waals surface area (Å²) in [5, 5.41) is 0. The van der Waals surface area contributed by atoms with Crippen LogP contribution in [-0.4, -0.2) is 30.9 Å². The van der Waals surface area contributed by atoms with E-state index in [0.717, 1.165) is 11.1 Å². The molecular formula is C31H22I4O7. The number of ketones is 1. The van der Waals surface area contributed by atoms with E-state index in [1.165, 1.54) is 0 Å². The van der Waals surface area contributed by atoms with E-state index in [1.54, 1.807) is 24.3 Å². The highest BCUT2D eigenvalue weighted by atomic mass is 127. The van der Waals surface area contributed by atoms with Gasteiger partial charge in [-0.2, -0.15) is 0 Å². The molecule has 0 aliphatic carbocycles. The van der Waals surface area contributed by atoms with Crippen LogP contribution in [0.2, 0.25) is 0 Å². The van der Waals surface area contributed by atoms with Crippen molar-refractivity contribution in [1.29, 1.82) is 0 Å². The number of hydrogen-bond donors (Lipinski definition) is 0. The van der Waals surface area contributed by atoms with Gasteiger partial charge in [0.05, 0.1) is 14.3 Å². The molecule has 4 aromatic carbocycles. The van der Waals surface area contributed by atoms with E-state index < -0.39 is 11.9 Å². The van der Waals surface area contributed by atoms with Crippen LogP contribution in [0.3, 0.4) is 0 Å². The van der Waals surface area contributed by atoms with Crippen LogP contribution >= 0.6 is 90.4 Å². The van der Waals surface area contributed by atoms with Gasteiger partial charge in [-0.05, 0) is 126 Å². The summed E-state index contributed by atoms with van der Waals surface area (Å²) in [5.74, 6) is -0.125. The fourth-order valence-corrected chi connectivity index (χ4v) is 7.81. The van der Waals surface area contributed by atoms with Crippen LogP contribution in [0.15, 0.2) is 84.9 Å². The predicted octanol–water partition coefficient (Wildman–Crippen LogP) is 7.58. The number of carbonyl (C=O) groups excluding carboxylic acids is 3. The minimum atomic E-state index is -0.485. The molecule has 0 aliphatic heterocycles. The van der Waals surface area contributed by atoms with E-state index in [4.69, 9.17) is 18.9 Å². The van der Waals surface area contributed by atoms with E-state index in [0.29, 0.717) is 36.9 Å². The highest BCUT2D eigenvalue weighted by molar-refractivity contribution is 14.1. The first-order valence-corrected chi connectivity index (χ1v) is 16.7. The lowest BCUT2D eigenvalue weighted by molar-refractivity contribution is -0.148. The van der Waals surface area contributed by atoms with Crippen molar-refractivity contribution in [3.63, 3.8) is 0 Å². The Morgan fingerprint density at radius 1 is 0.524 bits per heavy atom. The third kappa shape index (κ3) is 9.51. The van der Waals surface area contributed by atoms with Gasteiger partial charge in [0.2, 0.25) is 0 Å². The van der Waals surface area contributed by atoms with Gasteiger partial charge in [-0.25, -0.2) is 9.59 Å². The Morgan fingerprint density at radius 2 is 0.857 bits per heavy atom. The lowest BCUT2D eigenvalue weighted by atomic mass is 10.0. The maximum absolute atomic E-state index is 13.4. The van der Waals surface area contributed by atoms with Gasteiger partial charge in [0.25, 0.3) is 0 Å². The molecule has 0 radical (unpaired) electrons. The lowest BCUT2D eigenvalue weighted by Crippen LogP contribution is -2.16. The summed E-state index contributed by atoms with van der Waals surface area (Å²) in [7, 11) is 0. The first kappa shape index (κ1) is 32.9. The van der Waals surface area contributed by atoms with Gasteiger partial charge in [0, 0.05) is 11.1 Å². The van der Waals surface area contributed by atoms with Gasteiger partial charge in [-0.1, -0.05) is 60.7 Å². The van der Waals surface area contributed by atoms with Crippen LogP contribution in [0.4, 0.5) is 0 Å². The van der Waals surface area contributed by atoms with Gasteiger partial charge >= 0.3 is 11.9 Å². The maximum atomic E-state index is 13.4. The predicted molar refractivity (Wildman–Crippen MR) is 191 cm³/mol. The van der Waals surface area contributed by atoms with Gasteiger partial charge < -0.3 is 18.9 Å².